The number of benzene rings is 2. The molecule has 1 aliphatic carbocycles. The van der Waals surface area contributed by atoms with Gasteiger partial charge in [-0.1, -0.05) is 11.6 Å². The summed E-state index contributed by atoms with van der Waals surface area (Å²) in [5.41, 5.74) is 2.24. The fourth-order valence-electron chi connectivity index (χ4n) is 4.35. The Morgan fingerprint density at radius 1 is 1.03 bits per heavy atom. The number of anilines is 2. The van der Waals surface area contributed by atoms with Crippen molar-refractivity contribution >= 4 is 45.6 Å². The molecule has 2 aromatic carbocycles. The molecule has 9 heteroatoms. The van der Waals surface area contributed by atoms with Crippen LogP contribution in [0.25, 0.3) is 0 Å². The molecule has 5 rings (SSSR count). The van der Waals surface area contributed by atoms with Gasteiger partial charge in [-0.25, -0.2) is 9.37 Å². The van der Waals surface area contributed by atoms with Gasteiger partial charge in [-0.3, -0.25) is 14.9 Å². The molecule has 1 unspecified atom stereocenters. The average Bonchev–Trinajstić information content (AvgIpc) is 3.40. The van der Waals surface area contributed by atoms with E-state index in [0.717, 1.165) is 42.2 Å². The van der Waals surface area contributed by atoms with E-state index in [0.29, 0.717) is 28.8 Å². The number of piperazine rings is 1. The molecule has 1 aliphatic heterocycles. The van der Waals surface area contributed by atoms with Gasteiger partial charge in [0.2, 0.25) is 5.91 Å². The molecule has 2 heterocycles. The van der Waals surface area contributed by atoms with E-state index in [1.165, 1.54) is 35.6 Å². The monoisotopic (exact) mass is 484 g/mol. The SMILES string of the molecule is O=C(Nc1nc2c(s1)CCC2C(=O)N1CCN(c2ccc(Cl)cc2)CC1)c1ccc(F)cc1. The summed E-state index contributed by atoms with van der Waals surface area (Å²) in [6.07, 6.45) is 1.52. The molecule has 6 nitrogen and oxygen atoms in total. The van der Waals surface area contributed by atoms with E-state index < -0.39 is 5.82 Å². The van der Waals surface area contributed by atoms with E-state index in [2.05, 4.69) is 15.2 Å². The Hall–Kier alpha value is -2.97. The number of aromatic nitrogens is 1. The maximum Gasteiger partial charge on any atom is 0.257 e. The fourth-order valence-corrected chi connectivity index (χ4v) is 5.51. The fraction of sp³-hybridized carbons (Fsp3) is 0.292. The summed E-state index contributed by atoms with van der Waals surface area (Å²) in [5.74, 6) is -0.903. The van der Waals surface area contributed by atoms with E-state index in [-0.39, 0.29) is 17.7 Å². The molecule has 1 N–H and O–H groups in total. The predicted octanol–water partition coefficient (Wildman–Crippen LogP) is 4.57. The largest absolute Gasteiger partial charge is 0.368 e. The van der Waals surface area contributed by atoms with Crippen LogP contribution in [0.1, 0.15) is 33.3 Å². The van der Waals surface area contributed by atoms with Crippen LogP contribution in [0.5, 0.6) is 0 Å². The summed E-state index contributed by atoms with van der Waals surface area (Å²) in [4.78, 5) is 35.5. The van der Waals surface area contributed by atoms with Crippen LogP contribution in [-0.4, -0.2) is 47.9 Å². The zero-order valence-electron chi connectivity index (χ0n) is 17.8. The number of carbonyl (C=O) groups excluding carboxylic acids is 2. The van der Waals surface area contributed by atoms with Crippen LogP contribution >= 0.6 is 22.9 Å². The van der Waals surface area contributed by atoms with E-state index in [9.17, 15) is 14.0 Å². The molecular weight excluding hydrogens is 463 g/mol. The Morgan fingerprint density at radius 2 is 1.73 bits per heavy atom. The number of carbonyl (C=O) groups is 2. The second-order valence-corrected chi connectivity index (χ2v) is 9.69. The van der Waals surface area contributed by atoms with Crippen LogP contribution in [-0.2, 0) is 11.2 Å². The Morgan fingerprint density at radius 3 is 2.42 bits per heavy atom. The maximum atomic E-state index is 13.3. The Kier molecular flexibility index (Phi) is 6.03. The van der Waals surface area contributed by atoms with Crippen molar-refractivity contribution in [2.24, 2.45) is 0 Å². The second-order valence-electron chi connectivity index (χ2n) is 8.17. The first-order valence-electron chi connectivity index (χ1n) is 10.8. The number of hydrogen-bond donors (Lipinski definition) is 1. The van der Waals surface area contributed by atoms with E-state index in [1.807, 2.05) is 29.2 Å². The number of nitrogens with zero attached hydrogens (tertiary/aromatic N) is 3. The third kappa shape index (κ3) is 4.58. The molecule has 1 aromatic heterocycles. The van der Waals surface area contributed by atoms with E-state index >= 15 is 0 Å². The van der Waals surface area contributed by atoms with Crippen LogP contribution in [0.15, 0.2) is 48.5 Å². The van der Waals surface area contributed by atoms with Crippen molar-refractivity contribution in [1.82, 2.24) is 9.88 Å². The van der Waals surface area contributed by atoms with Crippen LogP contribution < -0.4 is 10.2 Å². The number of fused-ring (bicyclic) bond motifs is 1. The lowest BCUT2D eigenvalue weighted by molar-refractivity contribution is -0.133. The molecule has 1 atom stereocenters. The molecular formula is C24H22ClFN4O2S. The highest BCUT2D eigenvalue weighted by atomic mass is 35.5. The third-order valence-corrected chi connectivity index (χ3v) is 7.42. The van der Waals surface area contributed by atoms with Crippen molar-refractivity contribution in [3.63, 3.8) is 0 Å². The van der Waals surface area contributed by atoms with Crippen molar-refractivity contribution in [2.75, 3.05) is 36.4 Å². The molecule has 170 valence electrons. The highest BCUT2D eigenvalue weighted by Crippen LogP contribution is 2.39. The van der Waals surface area contributed by atoms with Gasteiger partial charge in [0, 0.05) is 47.3 Å². The quantitative estimate of drug-likeness (QED) is 0.589. The minimum absolute atomic E-state index is 0.103. The molecule has 0 bridgehead atoms. The number of aryl methyl sites for hydroxylation is 1. The maximum absolute atomic E-state index is 13.3. The Balaban J connectivity index is 1.22. The molecule has 0 spiro atoms. The van der Waals surface area contributed by atoms with Crippen LogP contribution in [0.3, 0.4) is 0 Å². The van der Waals surface area contributed by atoms with Crippen molar-refractivity contribution in [3.8, 4) is 0 Å². The highest BCUT2D eigenvalue weighted by Gasteiger charge is 2.36. The van der Waals surface area contributed by atoms with Gasteiger partial charge in [0.05, 0.1) is 11.6 Å². The lowest BCUT2D eigenvalue weighted by Crippen LogP contribution is -2.50. The number of nitrogens with one attached hydrogen (secondary N) is 1. The zero-order valence-corrected chi connectivity index (χ0v) is 19.3. The average molecular weight is 485 g/mol. The minimum Gasteiger partial charge on any atom is -0.368 e. The second kappa shape index (κ2) is 9.11. The summed E-state index contributed by atoms with van der Waals surface area (Å²) in [5, 5.41) is 3.96. The van der Waals surface area contributed by atoms with Crippen molar-refractivity contribution in [3.05, 3.63) is 75.5 Å². The third-order valence-electron chi connectivity index (χ3n) is 6.13. The summed E-state index contributed by atoms with van der Waals surface area (Å²) in [6, 6.07) is 13.1. The highest BCUT2D eigenvalue weighted by molar-refractivity contribution is 7.16. The Bertz CT molecular complexity index is 1170. The zero-order chi connectivity index (χ0) is 22.9. The van der Waals surface area contributed by atoms with Gasteiger partial charge in [-0.05, 0) is 61.4 Å². The first-order chi connectivity index (χ1) is 16.0. The van der Waals surface area contributed by atoms with Gasteiger partial charge >= 0.3 is 0 Å². The molecule has 2 amide bonds. The number of hydrogen-bond acceptors (Lipinski definition) is 5. The van der Waals surface area contributed by atoms with Crippen molar-refractivity contribution in [1.29, 1.82) is 0 Å². The first kappa shape index (κ1) is 21.9. The summed E-state index contributed by atoms with van der Waals surface area (Å²) >= 11 is 7.39. The van der Waals surface area contributed by atoms with Crippen LogP contribution in [0, 0.1) is 5.82 Å². The first-order valence-corrected chi connectivity index (χ1v) is 12.0. The Labute approximate surface area is 200 Å². The smallest absolute Gasteiger partial charge is 0.257 e. The molecule has 2 aliphatic rings. The number of halogens is 2. The molecule has 33 heavy (non-hydrogen) atoms. The minimum atomic E-state index is -0.393. The van der Waals surface area contributed by atoms with Crippen molar-refractivity contribution < 1.29 is 14.0 Å². The molecule has 1 saturated heterocycles. The van der Waals surface area contributed by atoms with Gasteiger partial charge in [0.25, 0.3) is 5.91 Å². The van der Waals surface area contributed by atoms with Gasteiger partial charge in [-0.15, -0.1) is 11.3 Å². The summed E-state index contributed by atoms with van der Waals surface area (Å²) in [6.45, 7) is 2.85. The van der Waals surface area contributed by atoms with Gasteiger partial charge in [0.15, 0.2) is 5.13 Å². The van der Waals surface area contributed by atoms with Crippen LogP contribution in [0.2, 0.25) is 5.02 Å². The van der Waals surface area contributed by atoms with Gasteiger partial charge in [-0.2, -0.15) is 0 Å². The number of rotatable bonds is 4. The predicted molar refractivity (Wildman–Crippen MR) is 128 cm³/mol. The van der Waals surface area contributed by atoms with Crippen molar-refractivity contribution in [2.45, 2.75) is 18.8 Å². The van der Waals surface area contributed by atoms with Crippen LogP contribution in [0.4, 0.5) is 15.2 Å². The van der Waals surface area contributed by atoms with Gasteiger partial charge < -0.3 is 9.80 Å². The number of amides is 2. The lowest BCUT2D eigenvalue weighted by Gasteiger charge is -2.37. The number of thiazole rings is 1. The molecule has 0 saturated carbocycles. The molecule has 3 aromatic rings. The van der Waals surface area contributed by atoms with Gasteiger partial charge in [0.1, 0.15) is 5.82 Å². The van der Waals surface area contributed by atoms with E-state index in [4.69, 9.17) is 11.6 Å². The summed E-state index contributed by atoms with van der Waals surface area (Å²) < 4.78 is 13.1. The molecule has 0 radical (unpaired) electrons. The molecule has 1 fully saturated rings. The lowest BCUT2D eigenvalue weighted by atomic mass is 10.1. The van der Waals surface area contributed by atoms with E-state index in [1.54, 1.807) is 0 Å². The topological polar surface area (TPSA) is 65.5 Å². The normalized spacial score (nSPS) is 17.7. The summed E-state index contributed by atoms with van der Waals surface area (Å²) in [7, 11) is 0. The standard InChI is InChI=1S/C24H22ClFN4O2S/c25-16-3-7-18(8-4-16)29-11-13-30(14-12-29)23(32)19-9-10-20-21(19)27-24(33-20)28-22(31)15-1-5-17(26)6-2-15/h1-8,19H,9-14H2,(H,27,28,31).